The molecule has 9 nitrogen and oxygen atoms in total. The molecule has 1 aromatic rings. The van der Waals surface area contributed by atoms with E-state index in [1.807, 2.05) is 39.0 Å². The summed E-state index contributed by atoms with van der Waals surface area (Å²) in [4.78, 5) is 53.7. The van der Waals surface area contributed by atoms with Gasteiger partial charge in [-0.3, -0.25) is 14.4 Å². The summed E-state index contributed by atoms with van der Waals surface area (Å²) in [6.07, 6.45) is 0.829. The lowest BCUT2D eigenvalue weighted by Crippen LogP contribution is -2.55. The number of rotatable bonds is 13. The number of nitrogens with zero attached hydrogens (tertiary/aromatic N) is 1. The quantitative estimate of drug-likeness (QED) is 0.337. The number of alkyl carbamates (subject to hydrolysis) is 1. The highest BCUT2D eigenvalue weighted by Crippen LogP contribution is 2.30. The van der Waals surface area contributed by atoms with Crippen LogP contribution in [0.5, 0.6) is 0 Å². The van der Waals surface area contributed by atoms with Crippen molar-refractivity contribution in [1.29, 1.82) is 0 Å². The summed E-state index contributed by atoms with van der Waals surface area (Å²) in [5, 5.41) is 5.47. The second kappa shape index (κ2) is 15.5. The van der Waals surface area contributed by atoms with Crippen molar-refractivity contribution in [1.82, 2.24) is 15.5 Å². The highest BCUT2D eigenvalue weighted by atomic mass is 16.6. The first-order valence-corrected chi connectivity index (χ1v) is 13.9. The summed E-state index contributed by atoms with van der Waals surface area (Å²) in [5.41, 5.74) is 1.77. The lowest BCUT2D eigenvalue weighted by molar-refractivity contribution is -0.146. The molecule has 0 saturated carbocycles. The van der Waals surface area contributed by atoms with Crippen LogP contribution in [-0.4, -0.2) is 59.6 Å². The predicted octanol–water partition coefficient (Wildman–Crippen LogP) is 4.98. The number of aryl methyl sites for hydroxylation is 2. The average Bonchev–Trinajstić information content (AvgIpc) is 2.81. The van der Waals surface area contributed by atoms with Crippen molar-refractivity contribution in [2.24, 2.45) is 5.92 Å². The molecule has 0 aliphatic heterocycles. The number of hydrogen-bond donors (Lipinski definition) is 2. The van der Waals surface area contributed by atoms with E-state index in [1.165, 1.54) is 0 Å². The molecule has 220 valence electrons. The normalized spacial score (nSPS) is 13.7. The van der Waals surface area contributed by atoms with E-state index in [0.717, 1.165) is 17.5 Å². The van der Waals surface area contributed by atoms with E-state index in [2.05, 4.69) is 24.5 Å². The smallest absolute Gasteiger partial charge is 0.408 e. The lowest BCUT2D eigenvalue weighted by atomic mass is 9.93. The molecule has 2 N–H and O–H groups in total. The lowest BCUT2D eigenvalue weighted by Gasteiger charge is -2.38. The van der Waals surface area contributed by atoms with E-state index < -0.39 is 41.6 Å². The minimum atomic E-state index is -0.968. The second-order valence-corrected chi connectivity index (χ2v) is 11.5. The summed E-state index contributed by atoms with van der Waals surface area (Å²) in [7, 11) is 0. The molecule has 0 radical (unpaired) electrons. The van der Waals surface area contributed by atoms with Gasteiger partial charge in [0.1, 0.15) is 17.7 Å². The third-order valence-corrected chi connectivity index (χ3v) is 6.18. The van der Waals surface area contributed by atoms with Crippen LogP contribution in [0.2, 0.25) is 0 Å². The molecule has 3 amide bonds. The topological polar surface area (TPSA) is 114 Å². The molecule has 0 heterocycles. The highest BCUT2D eigenvalue weighted by Gasteiger charge is 2.38. The van der Waals surface area contributed by atoms with Crippen LogP contribution in [0.3, 0.4) is 0 Å². The molecule has 0 aliphatic rings. The standard InChI is InChI=1S/C30H49N3O6/c1-11-38-25(34)16-17-31-27(35)26(24-18-20(4)13-14-21(24)5)33(22(6)15-12-19(2)3)28(36)23(7)32-29(37)39-30(8,9)10/h13-14,18-19,22-23,26H,11-12,15-17H2,1-10H3,(H,31,35)(H,32,37). The maximum absolute atomic E-state index is 14.0. The molecule has 0 spiro atoms. The summed E-state index contributed by atoms with van der Waals surface area (Å²) >= 11 is 0. The number of ether oxygens (including phenoxy) is 2. The first kappa shape index (κ1) is 33.9. The van der Waals surface area contributed by atoms with Gasteiger partial charge in [-0.2, -0.15) is 0 Å². The van der Waals surface area contributed by atoms with Crippen LogP contribution in [0.1, 0.15) is 97.4 Å². The Balaban J connectivity index is 3.47. The Morgan fingerprint density at radius 2 is 1.64 bits per heavy atom. The molecular formula is C30H49N3O6. The van der Waals surface area contributed by atoms with Crippen molar-refractivity contribution in [2.45, 2.75) is 112 Å². The second-order valence-electron chi connectivity index (χ2n) is 11.5. The van der Waals surface area contributed by atoms with Gasteiger partial charge in [0.15, 0.2) is 0 Å². The van der Waals surface area contributed by atoms with Gasteiger partial charge in [0.05, 0.1) is 13.0 Å². The van der Waals surface area contributed by atoms with Crippen molar-refractivity contribution in [3.8, 4) is 0 Å². The fourth-order valence-electron chi connectivity index (χ4n) is 4.17. The van der Waals surface area contributed by atoms with Gasteiger partial charge in [0.2, 0.25) is 11.8 Å². The molecular weight excluding hydrogens is 498 g/mol. The molecule has 39 heavy (non-hydrogen) atoms. The predicted molar refractivity (Wildman–Crippen MR) is 152 cm³/mol. The van der Waals surface area contributed by atoms with E-state index in [4.69, 9.17) is 9.47 Å². The zero-order valence-electron chi connectivity index (χ0n) is 25.5. The molecule has 3 atom stereocenters. The number of carbonyl (C=O) groups is 4. The number of hydrogen-bond acceptors (Lipinski definition) is 6. The summed E-state index contributed by atoms with van der Waals surface area (Å²) in [6, 6.07) is 3.56. The monoisotopic (exact) mass is 547 g/mol. The first-order chi connectivity index (χ1) is 18.1. The van der Waals surface area contributed by atoms with Crippen LogP contribution in [0.4, 0.5) is 4.79 Å². The summed E-state index contributed by atoms with van der Waals surface area (Å²) in [6.45, 7) is 18.9. The van der Waals surface area contributed by atoms with Gasteiger partial charge in [0, 0.05) is 12.6 Å². The van der Waals surface area contributed by atoms with Crippen LogP contribution < -0.4 is 10.6 Å². The van der Waals surface area contributed by atoms with Crippen molar-refractivity contribution >= 4 is 23.9 Å². The third kappa shape index (κ3) is 11.7. The van der Waals surface area contributed by atoms with Gasteiger partial charge in [-0.05, 0) is 85.3 Å². The van der Waals surface area contributed by atoms with E-state index >= 15 is 0 Å². The van der Waals surface area contributed by atoms with Gasteiger partial charge in [0.25, 0.3) is 0 Å². The molecule has 0 aromatic heterocycles. The number of carbonyl (C=O) groups excluding carboxylic acids is 4. The van der Waals surface area contributed by atoms with E-state index in [1.54, 1.807) is 39.5 Å². The molecule has 0 aliphatic carbocycles. The number of benzene rings is 1. The molecule has 1 rings (SSSR count). The van der Waals surface area contributed by atoms with Crippen LogP contribution >= 0.6 is 0 Å². The molecule has 0 saturated heterocycles. The van der Waals surface area contributed by atoms with Gasteiger partial charge in [-0.15, -0.1) is 0 Å². The molecule has 9 heteroatoms. The van der Waals surface area contributed by atoms with Crippen molar-refractivity contribution < 1.29 is 28.7 Å². The van der Waals surface area contributed by atoms with E-state index in [0.29, 0.717) is 17.9 Å². The van der Waals surface area contributed by atoms with Crippen LogP contribution in [0.15, 0.2) is 18.2 Å². The maximum atomic E-state index is 14.0. The SMILES string of the molecule is CCOC(=O)CCNC(=O)C(c1cc(C)ccc1C)N(C(=O)C(C)NC(=O)OC(C)(C)C)C(C)CCC(C)C. The van der Waals surface area contributed by atoms with Gasteiger partial charge >= 0.3 is 12.1 Å². The Hall–Kier alpha value is -3.10. The van der Waals surface area contributed by atoms with E-state index in [-0.39, 0.29) is 25.6 Å². The Morgan fingerprint density at radius 3 is 2.21 bits per heavy atom. The van der Waals surface area contributed by atoms with Crippen LogP contribution in [0.25, 0.3) is 0 Å². The van der Waals surface area contributed by atoms with Crippen LogP contribution in [0, 0.1) is 19.8 Å². The minimum absolute atomic E-state index is 0.0204. The third-order valence-electron chi connectivity index (χ3n) is 6.18. The molecule has 3 unspecified atom stereocenters. The average molecular weight is 548 g/mol. The summed E-state index contributed by atoms with van der Waals surface area (Å²) < 4.78 is 10.3. The highest BCUT2D eigenvalue weighted by molar-refractivity contribution is 5.92. The summed E-state index contributed by atoms with van der Waals surface area (Å²) in [5.74, 6) is -0.806. The zero-order chi connectivity index (χ0) is 29.9. The van der Waals surface area contributed by atoms with Crippen molar-refractivity contribution in [3.63, 3.8) is 0 Å². The van der Waals surface area contributed by atoms with Crippen molar-refractivity contribution in [2.75, 3.05) is 13.2 Å². The van der Waals surface area contributed by atoms with Crippen molar-refractivity contribution in [3.05, 3.63) is 34.9 Å². The zero-order valence-corrected chi connectivity index (χ0v) is 25.5. The maximum Gasteiger partial charge on any atom is 0.408 e. The molecule has 1 aromatic carbocycles. The van der Waals surface area contributed by atoms with Gasteiger partial charge in [-0.25, -0.2) is 4.79 Å². The van der Waals surface area contributed by atoms with Gasteiger partial charge < -0.3 is 25.0 Å². The van der Waals surface area contributed by atoms with Gasteiger partial charge in [-0.1, -0.05) is 37.6 Å². The van der Waals surface area contributed by atoms with Crippen LogP contribution in [-0.2, 0) is 23.9 Å². The molecule has 0 fully saturated rings. The largest absolute Gasteiger partial charge is 0.466 e. The number of esters is 1. The Kier molecular flexibility index (Phi) is 13.5. The Morgan fingerprint density at radius 1 is 1.00 bits per heavy atom. The minimum Gasteiger partial charge on any atom is -0.466 e. The fraction of sp³-hybridized carbons (Fsp3) is 0.667. The fourth-order valence-corrected chi connectivity index (χ4v) is 4.17. The number of nitrogens with one attached hydrogen (secondary N) is 2. The number of amides is 3. The van der Waals surface area contributed by atoms with E-state index in [9.17, 15) is 19.2 Å². The first-order valence-electron chi connectivity index (χ1n) is 13.9. The Labute approximate surface area is 234 Å². The molecule has 0 bridgehead atoms. The Bertz CT molecular complexity index is 985.